The predicted octanol–water partition coefficient (Wildman–Crippen LogP) is 4.36. The van der Waals surface area contributed by atoms with Crippen molar-refractivity contribution in [3.63, 3.8) is 0 Å². The first kappa shape index (κ1) is 14.6. The molecule has 2 rings (SSSR count). The zero-order valence-corrected chi connectivity index (χ0v) is 13.7. The van der Waals surface area contributed by atoms with Crippen molar-refractivity contribution >= 4 is 23.1 Å². The first-order valence-electron chi connectivity index (χ1n) is 6.69. The van der Waals surface area contributed by atoms with Crippen LogP contribution in [0.15, 0.2) is 11.4 Å². The maximum Gasteiger partial charge on any atom is 0.168 e. The zero-order valence-electron chi connectivity index (χ0n) is 12.1. The molecular weight excluding hydrogens is 274 g/mol. The van der Waals surface area contributed by atoms with E-state index in [0.29, 0.717) is 0 Å². The van der Waals surface area contributed by atoms with E-state index in [-0.39, 0.29) is 0 Å². The number of aryl methyl sites for hydroxylation is 2. The first-order chi connectivity index (χ1) is 9.11. The van der Waals surface area contributed by atoms with Gasteiger partial charge in [-0.25, -0.2) is 9.97 Å². The number of rotatable bonds is 6. The van der Waals surface area contributed by atoms with E-state index in [1.54, 1.807) is 11.3 Å². The number of nitrogens with zero attached hydrogens (tertiary/aromatic N) is 3. The average Bonchev–Trinajstić information content (AvgIpc) is 2.91. The van der Waals surface area contributed by atoms with Crippen LogP contribution in [-0.2, 0) is 12.3 Å². The van der Waals surface area contributed by atoms with Crippen LogP contribution in [0.4, 0.5) is 0 Å². The van der Waals surface area contributed by atoms with Crippen LogP contribution in [0.5, 0.6) is 0 Å². The molecule has 3 nitrogen and oxygen atoms in total. The van der Waals surface area contributed by atoms with Crippen molar-refractivity contribution in [3.8, 4) is 0 Å². The van der Waals surface area contributed by atoms with E-state index in [1.807, 2.05) is 18.0 Å². The molecule has 5 heteroatoms. The van der Waals surface area contributed by atoms with E-state index >= 15 is 0 Å². The van der Waals surface area contributed by atoms with Crippen molar-refractivity contribution in [2.24, 2.45) is 0 Å². The number of hydrogen-bond acceptors (Lipinski definition) is 4. The minimum atomic E-state index is 0.966. The van der Waals surface area contributed by atoms with E-state index in [1.165, 1.54) is 23.4 Å². The van der Waals surface area contributed by atoms with Gasteiger partial charge in [0.25, 0.3) is 0 Å². The highest BCUT2D eigenvalue weighted by Gasteiger charge is 2.11. The fourth-order valence-corrected chi connectivity index (χ4v) is 3.86. The molecule has 0 aliphatic heterocycles. The third-order valence-electron chi connectivity index (χ3n) is 3.17. The van der Waals surface area contributed by atoms with Crippen molar-refractivity contribution < 1.29 is 0 Å². The number of thioether (sulfide) groups is 1. The number of imidazole rings is 1. The highest BCUT2D eigenvalue weighted by molar-refractivity contribution is 7.98. The number of aromatic nitrogens is 3. The van der Waals surface area contributed by atoms with Gasteiger partial charge in [0.05, 0.1) is 10.7 Å². The van der Waals surface area contributed by atoms with E-state index in [9.17, 15) is 0 Å². The van der Waals surface area contributed by atoms with Crippen LogP contribution in [0.1, 0.15) is 41.0 Å². The van der Waals surface area contributed by atoms with Crippen molar-refractivity contribution in [1.82, 2.24) is 14.5 Å². The minimum Gasteiger partial charge on any atom is -0.323 e. The Bertz CT molecular complexity index is 543. The second-order valence-electron chi connectivity index (χ2n) is 4.70. The number of unbranched alkanes of at least 4 members (excludes halogenated alkanes) is 1. The molecule has 0 atom stereocenters. The highest BCUT2D eigenvalue weighted by Crippen LogP contribution is 2.27. The Balaban J connectivity index is 2.08. The molecule has 0 saturated carbocycles. The van der Waals surface area contributed by atoms with Gasteiger partial charge in [-0.3, -0.25) is 0 Å². The molecule has 2 heterocycles. The van der Waals surface area contributed by atoms with Gasteiger partial charge in [0, 0.05) is 29.1 Å². The molecule has 0 unspecified atom stereocenters. The summed E-state index contributed by atoms with van der Waals surface area (Å²) in [5.74, 6) is 0.966. The van der Waals surface area contributed by atoms with Gasteiger partial charge in [-0.05, 0) is 27.2 Å². The van der Waals surface area contributed by atoms with Gasteiger partial charge in [-0.1, -0.05) is 25.1 Å². The van der Waals surface area contributed by atoms with Crippen LogP contribution in [-0.4, -0.2) is 14.5 Å². The van der Waals surface area contributed by atoms with Gasteiger partial charge in [0.15, 0.2) is 5.16 Å². The maximum absolute atomic E-state index is 4.70. The summed E-state index contributed by atoms with van der Waals surface area (Å²) in [6.45, 7) is 9.62. The summed E-state index contributed by atoms with van der Waals surface area (Å²) < 4.78 is 2.36. The lowest BCUT2D eigenvalue weighted by molar-refractivity contribution is 0.575. The van der Waals surface area contributed by atoms with Crippen molar-refractivity contribution in [2.75, 3.05) is 0 Å². The molecule has 0 radical (unpaired) electrons. The van der Waals surface area contributed by atoms with E-state index in [4.69, 9.17) is 4.98 Å². The lowest BCUT2D eigenvalue weighted by Gasteiger charge is -2.08. The van der Waals surface area contributed by atoms with Gasteiger partial charge in [0.1, 0.15) is 0 Å². The van der Waals surface area contributed by atoms with Crippen LogP contribution in [0.3, 0.4) is 0 Å². The molecule has 0 spiro atoms. The molecule has 2 aromatic rings. The molecule has 0 bridgehead atoms. The Kier molecular flexibility index (Phi) is 5.05. The standard InChI is InChI=1S/C14H21N3S2/c1-5-6-7-17-11(3)10(2)16-14(17)18-9-13-8-15-12(4)19-13/h8H,5-7,9H2,1-4H3. The van der Waals surface area contributed by atoms with Crippen molar-refractivity contribution in [3.05, 3.63) is 27.5 Å². The summed E-state index contributed by atoms with van der Waals surface area (Å²) in [5.41, 5.74) is 2.45. The second-order valence-corrected chi connectivity index (χ2v) is 6.97. The third kappa shape index (κ3) is 3.60. The molecule has 0 aliphatic carbocycles. The van der Waals surface area contributed by atoms with Crippen LogP contribution >= 0.6 is 23.1 Å². The zero-order chi connectivity index (χ0) is 13.8. The molecule has 19 heavy (non-hydrogen) atoms. The SMILES string of the molecule is CCCCn1c(SCc2cnc(C)s2)nc(C)c1C. The largest absolute Gasteiger partial charge is 0.323 e. The van der Waals surface area contributed by atoms with Gasteiger partial charge in [-0.2, -0.15) is 0 Å². The molecule has 2 aromatic heterocycles. The number of thiazole rings is 1. The molecule has 0 amide bonds. The Morgan fingerprint density at radius 2 is 2.11 bits per heavy atom. The molecule has 104 valence electrons. The van der Waals surface area contributed by atoms with Gasteiger partial charge < -0.3 is 4.57 Å². The Morgan fingerprint density at radius 3 is 2.74 bits per heavy atom. The second kappa shape index (κ2) is 6.57. The van der Waals surface area contributed by atoms with Crippen molar-refractivity contribution in [1.29, 1.82) is 0 Å². The first-order valence-corrected chi connectivity index (χ1v) is 8.49. The van der Waals surface area contributed by atoms with Crippen LogP contribution in [0.25, 0.3) is 0 Å². The summed E-state index contributed by atoms with van der Waals surface area (Å²) in [6.07, 6.45) is 4.41. The van der Waals surface area contributed by atoms with E-state index in [2.05, 4.69) is 37.2 Å². The number of hydrogen-bond donors (Lipinski definition) is 0. The summed E-state index contributed by atoms with van der Waals surface area (Å²) in [5, 5.41) is 2.28. The van der Waals surface area contributed by atoms with Gasteiger partial charge >= 0.3 is 0 Å². The van der Waals surface area contributed by atoms with Crippen LogP contribution < -0.4 is 0 Å². The summed E-state index contributed by atoms with van der Waals surface area (Å²) in [7, 11) is 0. The molecule has 0 fully saturated rings. The van der Waals surface area contributed by atoms with Gasteiger partial charge in [0.2, 0.25) is 0 Å². The lowest BCUT2D eigenvalue weighted by atomic mass is 10.3. The third-order valence-corrected chi connectivity index (χ3v) is 5.29. The smallest absolute Gasteiger partial charge is 0.168 e. The molecular formula is C14H21N3S2. The molecule has 0 aliphatic rings. The average molecular weight is 295 g/mol. The summed E-state index contributed by atoms with van der Waals surface area (Å²) in [4.78, 5) is 10.3. The monoisotopic (exact) mass is 295 g/mol. The quantitative estimate of drug-likeness (QED) is 0.742. The van der Waals surface area contributed by atoms with Crippen molar-refractivity contribution in [2.45, 2.75) is 58.0 Å². The van der Waals surface area contributed by atoms with Gasteiger partial charge in [-0.15, -0.1) is 11.3 Å². The fraction of sp³-hybridized carbons (Fsp3) is 0.571. The predicted molar refractivity (Wildman–Crippen MR) is 83.0 cm³/mol. The molecule has 0 saturated heterocycles. The minimum absolute atomic E-state index is 0.966. The van der Waals surface area contributed by atoms with E-state index < -0.39 is 0 Å². The summed E-state index contributed by atoms with van der Waals surface area (Å²) in [6, 6.07) is 0. The Morgan fingerprint density at radius 1 is 1.32 bits per heavy atom. The molecule has 0 N–H and O–H groups in total. The Hall–Kier alpha value is -0.810. The lowest BCUT2D eigenvalue weighted by Crippen LogP contribution is -2.02. The fourth-order valence-electron chi connectivity index (χ4n) is 1.92. The topological polar surface area (TPSA) is 30.7 Å². The van der Waals surface area contributed by atoms with Crippen LogP contribution in [0.2, 0.25) is 0 Å². The van der Waals surface area contributed by atoms with E-state index in [0.717, 1.165) is 28.2 Å². The maximum atomic E-state index is 4.70. The Labute approximate surface area is 123 Å². The normalized spacial score (nSPS) is 11.2. The molecule has 0 aromatic carbocycles. The van der Waals surface area contributed by atoms with Crippen LogP contribution in [0, 0.1) is 20.8 Å². The summed E-state index contributed by atoms with van der Waals surface area (Å²) >= 11 is 3.59. The highest BCUT2D eigenvalue weighted by atomic mass is 32.2.